The molecule has 186 valence electrons. The summed E-state index contributed by atoms with van der Waals surface area (Å²) < 4.78 is 64.8. The number of aromatic nitrogens is 3. The van der Waals surface area contributed by atoms with Crippen LogP contribution in [0.1, 0.15) is 15.9 Å². The molecular formula is C25H20F4N4O3. The Morgan fingerprint density at radius 2 is 1.75 bits per heavy atom. The molecule has 0 saturated carbocycles. The third-order valence-corrected chi connectivity index (χ3v) is 5.04. The van der Waals surface area contributed by atoms with Gasteiger partial charge in [-0.15, -0.1) is 5.10 Å². The van der Waals surface area contributed by atoms with Crippen LogP contribution < -0.4 is 10.1 Å². The molecule has 11 heteroatoms. The molecule has 1 aromatic heterocycles. The van der Waals surface area contributed by atoms with Crippen LogP contribution in [0, 0.1) is 5.82 Å². The Morgan fingerprint density at radius 3 is 2.44 bits per heavy atom. The van der Waals surface area contributed by atoms with Crippen LogP contribution in [0.25, 0.3) is 17.1 Å². The third kappa shape index (κ3) is 5.69. The maximum atomic E-state index is 14.6. The van der Waals surface area contributed by atoms with Crippen LogP contribution in [0.15, 0.2) is 72.8 Å². The number of hydrogen-bond acceptors (Lipinski definition) is 5. The number of ether oxygens (including phenoxy) is 2. The van der Waals surface area contributed by atoms with E-state index in [4.69, 9.17) is 9.47 Å². The lowest BCUT2D eigenvalue weighted by Crippen LogP contribution is -2.13. The average Bonchev–Trinajstić information content (AvgIpc) is 3.28. The fraction of sp³-hybridized carbons (Fsp3) is 0.160. The molecule has 4 rings (SSSR count). The van der Waals surface area contributed by atoms with Crippen LogP contribution in [0.4, 0.5) is 23.2 Å². The minimum atomic E-state index is -4.50. The fourth-order valence-electron chi connectivity index (χ4n) is 3.30. The highest BCUT2D eigenvalue weighted by molar-refractivity contribution is 6.04. The first-order chi connectivity index (χ1) is 17.3. The Labute approximate surface area is 203 Å². The van der Waals surface area contributed by atoms with Crippen molar-refractivity contribution in [2.75, 3.05) is 25.6 Å². The van der Waals surface area contributed by atoms with Gasteiger partial charge in [0.15, 0.2) is 5.82 Å². The first kappa shape index (κ1) is 24.9. The van der Waals surface area contributed by atoms with E-state index < -0.39 is 23.5 Å². The quantitative estimate of drug-likeness (QED) is 0.260. The van der Waals surface area contributed by atoms with Crippen molar-refractivity contribution in [3.05, 3.63) is 89.7 Å². The van der Waals surface area contributed by atoms with Crippen molar-refractivity contribution in [1.82, 2.24) is 14.8 Å². The fourth-order valence-corrected chi connectivity index (χ4v) is 3.30. The molecule has 0 fully saturated rings. The summed E-state index contributed by atoms with van der Waals surface area (Å²) in [5, 5.41) is 6.97. The van der Waals surface area contributed by atoms with Gasteiger partial charge in [0.25, 0.3) is 5.91 Å². The van der Waals surface area contributed by atoms with E-state index in [9.17, 15) is 22.4 Å². The first-order valence-corrected chi connectivity index (χ1v) is 10.7. The second-order valence-corrected chi connectivity index (χ2v) is 7.53. The number of halogens is 4. The van der Waals surface area contributed by atoms with E-state index in [1.807, 2.05) is 0 Å². The number of anilines is 1. The average molecular weight is 500 g/mol. The zero-order chi connectivity index (χ0) is 25.7. The Balaban J connectivity index is 1.63. The van der Waals surface area contributed by atoms with Crippen LogP contribution in [-0.2, 0) is 10.9 Å². The van der Waals surface area contributed by atoms with Gasteiger partial charge in [0.2, 0.25) is 0 Å². The van der Waals surface area contributed by atoms with Crippen molar-refractivity contribution < 1.29 is 31.8 Å². The van der Waals surface area contributed by atoms with Crippen LogP contribution in [0.3, 0.4) is 0 Å². The molecule has 7 nitrogen and oxygen atoms in total. The number of methoxy groups -OCH3 is 1. The van der Waals surface area contributed by atoms with Gasteiger partial charge >= 0.3 is 12.2 Å². The van der Waals surface area contributed by atoms with E-state index in [0.717, 1.165) is 24.3 Å². The minimum Gasteiger partial charge on any atom is -0.460 e. The van der Waals surface area contributed by atoms with Gasteiger partial charge in [0.05, 0.1) is 23.4 Å². The molecule has 0 unspecified atom stereocenters. The van der Waals surface area contributed by atoms with Gasteiger partial charge in [0.1, 0.15) is 12.4 Å². The molecule has 0 aliphatic carbocycles. The molecule has 4 aromatic rings. The molecule has 3 aromatic carbocycles. The largest absolute Gasteiger partial charge is 0.460 e. The molecule has 1 N–H and O–H groups in total. The number of benzene rings is 3. The van der Waals surface area contributed by atoms with E-state index in [-0.39, 0.29) is 29.6 Å². The number of carbonyl (C=O) groups excluding carboxylic acids is 1. The number of amides is 1. The molecule has 36 heavy (non-hydrogen) atoms. The van der Waals surface area contributed by atoms with Gasteiger partial charge < -0.3 is 14.8 Å². The summed E-state index contributed by atoms with van der Waals surface area (Å²) in [7, 11) is 1.52. The molecule has 0 bridgehead atoms. The zero-order valence-corrected chi connectivity index (χ0v) is 18.9. The summed E-state index contributed by atoms with van der Waals surface area (Å²) in [4.78, 5) is 16.9. The predicted octanol–water partition coefficient (Wildman–Crippen LogP) is 5.37. The summed E-state index contributed by atoms with van der Waals surface area (Å²) in [6, 6.07) is 16.4. The van der Waals surface area contributed by atoms with E-state index in [1.165, 1.54) is 17.9 Å². The van der Waals surface area contributed by atoms with Gasteiger partial charge in [-0.25, -0.2) is 9.07 Å². The first-order valence-electron chi connectivity index (χ1n) is 10.7. The highest BCUT2D eigenvalue weighted by atomic mass is 19.4. The van der Waals surface area contributed by atoms with E-state index in [1.54, 1.807) is 42.5 Å². The van der Waals surface area contributed by atoms with Crippen molar-refractivity contribution in [2.24, 2.45) is 0 Å². The molecule has 0 aliphatic heterocycles. The number of nitrogens with zero attached hydrogens (tertiary/aromatic N) is 3. The lowest BCUT2D eigenvalue weighted by atomic mass is 10.1. The highest BCUT2D eigenvalue weighted by Gasteiger charge is 2.30. The normalized spacial score (nSPS) is 11.4. The zero-order valence-electron chi connectivity index (χ0n) is 18.9. The van der Waals surface area contributed by atoms with Gasteiger partial charge in [-0.05, 0) is 54.6 Å². The maximum Gasteiger partial charge on any atom is 0.416 e. The Morgan fingerprint density at radius 1 is 1.00 bits per heavy atom. The molecular weight excluding hydrogens is 480 g/mol. The number of carbonyl (C=O) groups is 1. The minimum absolute atomic E-state index is 0.00416. The van der Waals surface area contributed by atoms with Crippen LogP contribution in [-0.4, -0.2) is 41.0 Å². The van der Waals surface area contributed by atoms with Crippen LogP contribution >= 0.6 is 0 Å². The van der Waals surface area contributed by atoms with Gasteiger partial charge in [0, 0.05) is 18.4 Å². The van der Waals surface area contributed by atoms with E-state index in [2.05, 4.69) is 15.4 Å². The smallest absolute Gasteiger partial charge is 0.416 e. The van der Waals surface area contributed by atoms with Crippen LogP contribution in [0.2, 0.25) is 0 Å². The monoisotopic (exact) mass is 500 g/mol. The summed E-state index contributed by atoms with van der Waals surface area (Å²) in [6.07, 6.45) is -4.50. The van der Waals surface area contributed by atoms with Crippen molar-refractivity contribution in [1.29, 1.82) is 0 Å². The SMILES string of the molecule is COCCOc1nc(-c2ccccc2F)n(-c2cccc(NC(=O)c3ccc(C(F)(F)F)cc3)c2)n1. The van der Waals surface area contributed by atoms with Gasteiger partial charge in [-0.3, -0.25) is 4.79 Å². The van der Waals surface area contributed by atoms with Gasteiger partial charge in [-0.1, -0.05) is 18.2 Å². The Bertz CT molecular complexity index is 1350. The second kappa shape index (κ2) is 10.6. The predicted molar refractivity (Wildman–Crippen MR) is 124 cm³/mol. The molecule has 0 atom stereocenters. The molecule has 0 saturated heterocycles. The Kier molecular flexibility index (Phi) is 7.30. The molecule has 0 spiro atoms. The number of hydrogen-bond donors (Lipinski definition) is 1. The van der Waals surface area contributed by atoms with Gasteiger partial charge in [-0.2, -0.15) is 18.2 Å². The standard InChI is InChI=1S/C25H20F4N4O3/c1-35-13-14-36-24-31-22(20-7-2-3-8-21(20)26)33(32-24)19-6-4-5-18(15-19)30-23(34)16-9-11-17(12-10-16)25(27,28)29/h2-12,15H,13-14H2,1H3,(H,30,34). The lowest BCUT2D eigenvalue weighted by molar-refractivity contribution is -0.137. The lowest BCUT2D eigenvalue weighted by Gasteiger charge is -2.10. The third-order valence-electron chi connectivity index (χ3n) is 5.04. The topological polar surface area (TPSA) is 78.3 Å². The summed E-state index contributed by atoms with van der Waals surface area (Å²) in [5.41, 5.74) is 0.166. The number of rotatable bonds is 8. The van der Waals surface area contributed by atoms with Crippen LogP contribution in [0.5, 0.6) is 6.01 Å². The summed E-state index contributed by atoms with van der Waals surface area (Å²) >= 11 is 0. The maximum absolute atomic E-state index is 14.6. The van der Waals surface area contributed by atoms with Crippen molar-refractivity contribution >= 4 is 11.6 Å². The number of nitrogens with one attached hydrogen (secondary N) is 1. The van der Waals surface area contributed by atoms with Crippen molar-refractivity contribution in [3.8, 4) is 23.1 Å². The molecule has 0 aliphatic rings. The van der Waals surface area contributed by atoms with Crippen molar-refractivity contribution in [2.45, 2.75) is 6.18 Å². The summed E-state index contributed by atoms with van der Waals surface area (Å²) in [6.45, 7) is 0.482. The molecule has 0 radical (unpaired) electrons. The van der Waals surface area contributed by atoms with E-state index >= 15 is 0 Å². The second-order valence-electron chi connectivity index (χ2n) is 7.53. The van der Waals surface area contributed by atoms with E-state index in [0.29, 0.717) is 18.0 Å². The summed E-state index contributed by atoms with van der Waals surface area (Å²) in [5.74, 6) is -0.939. The highest BCUT2D eigenvalue weighted by Crippen LogP contribution is 2.30. The van der Waals surface area contributed by atoms with Crippen molar-refractivity contribution in [3.63, 3.8) is 0 Å². The molecule has 1 amide bonds. The molecule has 1 heterocycles. The number of alkyl halides is 3. The Hall–Kier alpha value is -4.25.